The third kappa shape index (κ3) is 1.35. The molecule has 1 aliphatic heterocycles. The molecule has 0 radical (unpaired) electrons. The van der Waals surface area contributed by atoms with Gasteiger partial charge in [-0.05, 0) is 32.9 Å². The van der Waals surface area contributed by atoms with E-state index < -0.39 is 5.92 Å². The lowest BCUT2D eigenvalue weighted by molar-refractivity contribution is -0.0276. The zero-order valence-corrected chi connectivity index (χ0v) is 7.45. The van der Waals surface area contributed by atoms with Gasteiger partial charge < -0.3 is 4.90 Å². The number of hydrogen-bond donors (Lipinski definition) is 0. The fourth-order valence-electron chi connectivity index (χ4n) is 2.22. The Bertz CT molecular complexity index is 187. The highest BCUT2D eigenvalue weighted by atomic mass is 19.3. The lowest BCUT2D eigenvalue weighted by Crippen LogP contribution is -2.35. The van der Waals surface area contributed by atoms with Gasteiger partial charge in [-0.1, -0.05) is 0 Å². The maximum absolute atomic E-state index is 13.1. The Balaban J connectivity index is 2.12. The summed E-state index contributed by atoms with van der Waals surface area (Å²) in [6, 6.07) is 0. The summed E-state index contributed by atoms with van der Waals surface area (Å²) in [5.74, 6) is -2.40. The van der Waals surface area contributed by atoms with Crippen LogP contribution in [0.15, 0.2) is 0 Å². The Kier molecular flexibility index (Phi) is 1.69. The zero-order valence-electron chi connectivity index (χ0n) is 7.45. The topological polar surface area (TPSA) is 3.24 Å². The molecule has 1 heterocycles. The molecule has 0 aromatic carbocycles. The third-order valence-electron chi connectivity index (χ3n) is 3.26. The van der Waals surface area contributed by atoms with Crippen molar-refractivity contribution in [2.24, 2.45) is 0 Å². The van der Waals surface area contributed by atoms with Gasteiger partial charge in [0.2, 0.25) is 5.92 Å². The predicted molar refractivity (Wildman–Crippen MR) is 43.4 cm³/mol. The predicted octanol–water partition coefficient (Wildman–Crippen LogP) is 2.27. The summed E-state index contributed by atoms with van der Waals surface area (Å²) >= 11 is 0. The minimum absolute atomic E-state index is 0.0824. The summed E-state index contributed by atoms with van der Waals surface area (Å²) in [5.41, 5.74) is -0.111. The average molecular weight is 175 g/mol. The summed E-state index contributed by atoms with van der Waals surface area (Å²) in [5, 5.41) is 0. The highest BCUT2D eigenvalue weighted by Crippen LogP contribution is 2.50. The molecule has 0 amide bonds. The summed E-state index contributed by atoms with van der Waals surface area (Å²) in [6.07, 6.45) is 2.76. The van der Waals surface area contributed by atoms with Crippen LogP contribution in [0.4, 0.5) is 8.78 Å². The second kappa shape index (κ2) is 2.41. The molecule has 1 aliphatic carbocycles. The van der Waals surface area contributed by atoms with Crippen LogP contribution in [-0.2, 0) is 0 Å². The van der Waals surface area contributed by atoms with Gasteiger partial charge in [0, 0.05) is 18.4 Å². The first-order valence-corrected chi connectivity index (χ1v) is 4.63. The molecule has 2 fully saturated rings. The van der Waals surface area contributed by atoms with E-state index in [9.17, 15) is 8.78 Å². The molecule has 1 spiro atoms. The van der Waals surface area contributed by atoms with E-state index in [0.717, 1.165) is 19.4 Å². The summed E-state index contributed by atoms with van der Waals surface area (Å²) in [7, 11) is 1.98. The van der Waals surface area contributed by atoms with Crippen molar-refractivity contribution in [1.29, 1.82) is 0 Å². The molecule has 12 heavy (non-hydrogen) atoms. The summed E-state index contributed by atoms with van der Waals surface area (Å²) < 4.78 is 26.3. The monoisotopic (exact) mass is 175 g/mol. The Morgan fingerprint density at radius 3 is 2.42 bits per heavy atom. The van der Waals surface area contributed by atoms with E-state index in [1.807, 2.05) is 7.05 Å². The van der Waals surface area contributed by atoms with Crippen LogP contribution in [0.1, 0.15) is 32.1 Å². The number of nitrogens with zero attached hydrogens (tertiary/aromatic N) is 1. The van der Waals surface area contributed by atoms with Crippen molar-refractivity contribution in [3.63, 3.8) is 0 Å². The largest absolute Gasteiger partial charge is 0.300 e. The van der Waals surface area contributed by atoms with Gasteiger partial charge in [0.25, 0.3) is 0 Å². The maximum Gasteiger partial charge on any atom is 0.250 e. The van der Waals surface area contributed by atoms with Crippen molar-refractivity contribution < 1.29 is 8.78 Å². The number of halogens is 2. The van der Waals surface area contributed by atoms with E-state index in [1.54, 1.807) is 0 Å². The number of hydrogen-bond acceptors (Lipinski definition) is 1. The first-order chi connectivity index (χ1) is 5.54. The molecule has 1 saturated heterocycles. The van der Waals surface area contributed by atoms with Crippen molar-refractivity contribution >= 4 is 0 Å². The van der Waals surface area contributed by atoms with Crippen molar-refractivity contribution in [3.05, 3.63) is 0 Å². The van der Waals surface area contributed by atoms with Gasteiger partial charge in [-0.25, -0.2) is 8.78 Å². The van der Waals surface area contributed by atoms with E-state index in [4.69, 9.17) is 0 Å². The molecular formula is C9H15F2N. The van der Waals surface area contributed by atoms with Crippen molar-refractivity contribution in [2.75, 3.05) is 13.6 Å². The Morgan fingerprint density at radius 1 is 1.17 bits per heavy atom. The molecule has 3 heteroatoms. The SMILES string of the molecule is CN1CCCC(F)(F)CC12CC2. The van der Waals surface area contributed by atoms with Gasteiger partial charge in [0.15, 0.2) is 0 Å². The normalized spacial score (nSPS) is 33.2. The second-order valence-electron chi connectivity index (χ2n) is 4.28. The Labute approximate surface area is 71.7 Å². The number of likely N-dealkylation sites (tertiary alicyclic amines) is 1. The van der Waals surface area contributed by atoms with Crippen molar-refractivity contribution in [3.8, 4) is 0 Å². The van der Waals surface area contributed by atoms with E-state index >= 15 is 0 Å². The van der Waals surface area contributed by atoms with Crippen LogP contribution in [0.2, 0.25) is 0 Å². The summed E-state index contributed by atoms with van der Waals surface area (Å²) in [4.78, 5) is 2.13. The molecule has 0 bridgehead atoms. The van der Waals surface area contributed by atoms with Crippen LogP contribution >= 0.6 is 0 Å². The molecule has 0 aromatic heterocycles. The van der Waals surface area contributed by atoms with E-state index in [-0.39, 0.29) is 18.4 Å². The molecule has 0 aromatic rings. The first-order valence-electron chi connectivity index (χ1n) is 4.63. The van der Waals surface area contributed by atoms with Gasteiger partial charge >= 0.3 is 0 Å². The van der Waals surface area contributed by atoms with Gasteiger partial charge in [0.1, 0.15) is 0 Å². The van der Waals surface area contributed by atoms with E-state index in [1.165, 1.54) is 0 Å². The molecular weight excluding hydrogens is 160 g/mol. The minimum atomic E-state index is -2.40. The van der Waals surface area contributed by atoms with Crippen LogP contribution in [-0.4, -0.2) is 30.0 Å². The van der Waals surface area contributed by atoms with Gasteiger partial charge in [-0.3, -0.25) is 0 Å². The molecule has 2 aliphatic rings. The van der Waals surface area contributed by atoms with Crippen LogP contribution < -0.4 is 0 Å². The molecule has 1 saturated carbocycles. The number of alkyl halides is 2. The highest BCUT2D eigenvalue weighted by Gasteiger charge is 2.53. The Hall–Kier alpha value is -0.180. The lowest BCUT2D eigenvalue weighted by atomic mass is 10.1. The fraction of sp³-hybridized carbons (Fsp3) is 1.00. The molecule has 0 N–H and O–H groups in total. The third-order valence-corrected chi connectivity index (χ3v) is 3.26. The van der Waals surface area contributed by atoms with Crippen LogP contribution in [0, 0.1) is 0 Å². The van der Waals surface area contributed by atoms with Crippen LogP contribution in [0.5, 0.6) is 0 Å². The quantitative estimate of drug-likeness (QED) is 0.546. The lowest BCUT2D eigenvalue weighted by Gasteiger charge is -2.26. The van der Waals surface area contributed by atoms with Gasteiger partial charge in [0.05, 0.1) is 0 Å². The van der Waals surface area contributed by atoms with Crippen molar-refractivity contribution in [2.45, 2.75) is 43.6 Å². The molecule has 1 nitrogen and oxygen atoms in total. The molecule has 2 rings (SSSR count). The average Bonchev–Trinajstić information content (AvgIpc) is 2.67. The van der Waals surface area contributed by atoms with Crippen LogP contribution in [0.3, 0.4) is 0 Å². The molecule has 0 atom stereocenters. The van der Waals surface area contributed by atoms with Crippen molar-refractivity contribution in [1.82, 2.24) is 4.90 Å². The zero-order chi connectivity index (χ0) is 8.82. The summed E-state index contributed by atoms with van der Waals surface area (Å²) in [6.45, 7) is 0.843. The second-order valence-corrected chi connectivity index (χ2v) is 4.28. The molecule has 0 unspecified atom stereocenters. The smallest absolute Gasteiger partial charge is 0.250 e. The molecule has 70 valence electrons. The first kappa shape index (κ1) is 8.42. The fourth-order valence-corrected chi connectivity index (χ4v) is 2.22. The minimum Gasteiger partial charge on any atom is -0.300 e. The van der Waals surface area contributed by atoms with Gasteiger partial charge in [-0.15, -0.1) is 0 Å². The maximum atomic E-state index is 13.1. The van der Waals surface area contributed by atoms with Crippen LogP contribution in [0.25, 0.3) is 0 Å². The van der Waals surface area contributed by atoms with E-state index in [2.05, 4.69) is 4.90 Å². The highest BCUT2D eigenvalue weighted by molar-refractivity contribution is 5.06. The van der Waals surface area contributed by atoms with Gasteiger partial charge in [-0.2, -0.15) is 0 Å². The standard InChI is InChI=1S/C9H15F2N/c1-12-6-2-3-9(10,11)7-8(12)4-5-8/h2-7H2,1H3. The number of rotatable bonds is 0. The van der Waals surface area contributed by atoms with E-state index in [0.29, 0.717) is 6.42 Å². The Morgan fingerprint density at radius 2 is 1.83 bits per heavy atom.